The van der Waals surface area contributed by atoms with Crippen molar-refractivity contribution in [2.24, 2.45) is 0 Å². The third-order valence-electron chi connectivity index (χ3n) is 1.95. The number of rotatable bonds is 7. The Morgan fingerprint density at radius 3 is 1.88 bits per heavy atom. The van der Waals surface area contributed by atoms with Crippen LogP contribution >= 0.6 is 0 Å². The summed E-state index contributed by atoms with van der Waals surface area (Å²) in [7, 11) is -8.47. The minimum atomic E-state index is -4.40. The fraction of sp³-hybridized carbons (Fsp3) is 0.857. The summed E-state index contributed by atoms with van der Waals surface area (Å²) in [4.78, 5) is 0. The van der Waals surface area contributed by atoms with E-state index in [-0.39, 0.29) is 19.3 Å². The van der Waals surface area contributed by atoms with Crippen LogP contribution < -0.4 is 0 Å². The fourth-order valence-corrected chi connectivity index (χ4v) is 2.60. The Labute approximate surface area is 95.0 Å². The van der Waals surface area contributed by atoms with Crippen molar-refractivity contribution >= 4 is 20.2 Å². The van der Waals surface area contributed by atoms with Crippen molar-refractivity contribution in [3.63, 3.8) is 0 Å². The highest BCUT2D eigenvalue weighted by Crippen LogP contribution is 2.13. The third-order valence-corrected chi connectivity index (χ3v) is 4.07. The molecule has 9 heteroatoms. The summed E-state index contributed by atoms with van der Waals surface area (Å²) in [6.07, 6.45) is -1.45. The van der Waals surface area contributed by atoms with Gasteiger partial charge in [-0.2, -0.15) is 16.8 Å². The first-order valence-corrected chi connectivity index (χ1v) is 7.58. The minimum Gasteiger partial charge on any atom is -0.392 e. The van der Waals surface area contributed by atoms with Crippen molar-refractivity contribution in [2.45, 2.75) is 30.6 Å². The molecular formula is C7H15O7S2. The van der Waals surface area contributed by atoms with Gasteiger partial charge in [0, 0.05) is 0 Å². The second-order valence-corrected chi connectivity index (χ2v) is 6.61. The molecular weight excluding hydrogens is 260 g/mol. The van der Waals surface area contributed by atoms with Crippen LogP contribution in [0.2, 0.25) is 0 Å². The molecule has 0 rings (SSSR count). The van der Waals surface area contributed by atoms with Gasteiger partial charge >= 0.3 is 0 Å². The molecule has 0 aromatic heterocycles. The zero-order chi connectivity index (χ0) is 13.0. The summed E-state index contributed by atoms with van der Waals surface area (Å²) in [5.41, 5.74) is 0. The third kappa shape index (κ3) is 7.12. The molecule has 2 unspecified atom stereocenters. The van der Waals surface area contributed by atoms with Crippen LogP contribution in [-0.4, -0.2) is 48.2 Å². The van der Waals surface area contributed by atoms with E-state index in [1.165, 1.54) is 0 Å². The predicted molar refractivity (Wildman–Crippen MR) is 57.0 cm³/mol. The highest BCUT2D eigenvalue weighted by Gasteiger charge is 2.27. The number of aliphatic hydroxyl groups is 1. The van der Waals surface area contributed by atoms with Gasteiger partial charge in [-0.25, -0.2) is 0 Å². The quantitative estimate of drug-likeness (QED) is 0.421. The van der Waals surface area contributed by atoms with E-state index >= 15 is 0 Å². The molecule has 0 saturated carbocycles. The summed E-state index contributed by atoms with van der Waals surface area (Å²) in [6.45, 7) is 3.08. The second kappa shape index (κ2) is 5.92. The van der Waals surface area contributed by atoms with Gasteiger partial charge in [-0.3, -0.25) is 9.11 Å². The Balaban J connectivity index is 4.17. The first-order valence-electron chi connectivity index (χ1n) is 4.46. The summed E-state index contributed by atoms with van der Waals surface area (Å²) >= 11 is 0. The minimum absolute atomic E-state index is 0.0393. The predicted octanol–water partition coefficient (Wildman–Crippen LogP) is -0.504. The lowest BCUT2D eigenvalue weighted by Crippen LogP contribution is -2.31. The van der Waals surface area contributed by atoms with Crippen molar-refractivity contribution in [2.75, 3.05) is 5.75 Å². The highest BCUT2D eigenvalue weighted by molar-refractivity contribution is 7.86. The van der Waals surface area contributed by atoms with Gasteiger partial charge in [0.15, 0.2) is 0 Å². The molecule has 97 valence electrons. The van der Waals surface area contributed by atoms with Crippen LogP contribution in [0.4, 0.5) is 0 Å². The monoisotopic (exact) mass is 275 g/mol. The molecule has 0 amide bonds. The van der Waals surface area contributed by atoms with Gasteiger partial charge in [0.2, 0.25) is 0 Å². The molecule has 0 aliphatic heterocycles. The zero-order valence-corrected chi connectivity index (χ0v) is 10.1. The largest absolute Gasteiger partial charge is 0.392 e. The standard InChI is InChI=1S/C7H15O7S2/c1-6(8)7(16(12,13)14)4-2-3-5-15(9,10)11/h6-8H,1-5H2,(H,9,10,11)(H,12,13,14). The van der Waals surface area contributed by atoms with Gasteiger partial charge < -0.3 is 5.11 Å². The number of hydrogen-bond donors (Lipinski definition) is 3. The Morgan fingerprint density at radius 2 is 1.56 bits per heavy atom. The van der Waals surface area contributed by atoms with Crippen molar-refractivity contribution in [3.05, 3.63) is 6.92 Å². The molecule has 2 atom stereocenters. The van der Waals surface area contributed by atoms with Crippen molar-refractivity contribution in [1.29, 1.82) is 0 Å². The summed E-state index contributed by atoms with van der Waals surface area (Å²) in [5.74, 6) is -0.488. The van der Waals surface area contributed by atoms with Crippen molar-refractivity contribution in [3.8, 4) is 0 Å². The Bertz CT molecular complexity index is 394. The van der Waals surface area contributed by atoms with Crippen molar-refractivity contribution < 1.29 is 31.0 Å². The average molecular weight is 275 g/mol. The Kier molecular flexibility index (Phi) is 5.84. The zero-order valence-electron chi connectivity index (χ0n) is 8.48. The Morgan fingerprint density at radius 1 is 1.06 bits per heavy atom. The Hall–Kier alpha value is -0.220. The molecule has 0 aliphatic rings. The van der Waals surface area contributed by atoms with Crippen LogP contribution in [0.25, 0.3) is 0 Å². The van der Waals surface area contributed by atoms with E-state index in [4.69, 9.17) is 14.2 Å². The molecule has 0 bridgehead atoms. The summed E-state index contributed by atoms with van der Waals surface area (Å²) < 4.78 is 59.3. The summed E-state index contributed by atoms with van der Waals surface area (Å²) in [5, 5.41) is 7.55. The molecule has 1 radical (unpaired) electrons. The van der Waals surface area contributed by atoms with E-state index < -0.39 is 37.3 Å². The van der Waals surface area contributed by atoms with Gasteiger partial charge in [0.1, 0.15) is 5.25 Å². The molecule has 0 aliphatic carbocycles. The topological polar surface area (TPSA) is 129 Å². The molecule has 0 fully saturated rings. The van der Waals surface area contributed by atoms with E-state index in [2.05, 4.69) is 6.92 Å². The molecule has 3 N–H and O–H groups in total. The van der Waals surface area contributed by atoms with Gasteiger partial charge in [-0.15, -0.1) is 0 Å². The molecule has 7 nitrogen and oxygen atoms in total. The van der Waals surface area contributed by atoms with Crippen LogP contribution in [-0.2, 0) is 20.2 Å². The second-order valence-electron chi connectivity index (χ2n) is 3.40. The molecule has 0 saturated heterocycles. The molecule has 0 heterocycles. The van der Waals surface area contributed by atoms with Crippen LogP contribution in [0.5, 0.6) is 0 Å². The van der Waals surface area contributed by atoms with E-state index in [0.29, 0.717) is 0 Å². The first kappa shape index (κ1) is 15.8. The van der Waals surface area contributed by atoms with Gasteiger partial charge in [-0.1, -0.05) is 6.42 Å². The van der Waals surface area contributed by atoms with Crippen LogP contribution in [0.3, 0.4) is 0 Å². The number of hydrogen-bond acceptors (Lipinski definition) is 5. The number of unbranched alkanes of at least 4 members (excludes halogenated alkanes) is 1. The maximum absolute atomic E-state index is 10.8. The van der Waals surface area contributed by atoms with E-state index in [0.717, 1.165) is 0 Å². The lowest BCUT2D eigenvalue weighted by atomic mass is 10.1. The highest BCUT2D eigenvalue weighted by atomic mass is 32.2. The molecule has 16 heavy (non-hydrogen) atoms. The van der Waals surface area contributed by atoms with E-state index in [1.54, 1.807) is 0 Å². The molecule has 0 aromatic rings. The SMILES string of the molecule is [CH2]C(O)C(CCCCS(=O)(=O)O)S(=O)(=O)O. The van der Waals surface area contributed by atoms with Crippen LogP contribution in [0.1, 0.15) is 19.3 Å². The van der Waals surface area contributed by atoms with Crippen LogP contribution in [0.15, 0.2) is 0 Å². The smallest absolute Gasteiger partial charge is 0.270 e. The lowest BCUT2D eigenvalue weighted by molar-refractivity contribution is 0.203. The number of aliphatic hydroxyl groups excluding tert-OH is 1. The van der Waals surface area contributed by atoms with Gasteiger partial charge in [-0.05, 0) is 19.8 Å². The lowest BCUT2D eigenvalue weighted by Gasteiger charge is -2.15. The normalized spacial score (nSPS) is 17.0. The molecule has 0 aromatic carbocycles. The van der Waals surface area contributed by atoms with Crippen LogP contribution in [0, 0.1) is 6.92 Å². The first-order chi connectivity index (χ1) is 7.04. The van der Waals surface area contributed by atoms with E-state index in [1.807, 2.05) is 0 Å². The van der Waals surface area contributed by atoms with Gasteiger partial charge in [0.25, 0.3) is 20.2 Å². The van der Waals surface area contributed by atoms with Crippen molar-refractivity contribution in [1.82, 2.24) is 0 Å². The maximum atomic E-state index is 10.8. The fourth-order valence-electron chi connectivity index (χ4n) is 1.17. The van der Waals surface area contributed by atoms with Gasteiger partial charge in [0.05, 0.1) is 11.9 Å². The van der Waals surface area contributed by atoms with E-state index in [9.17, 15) is 16.8 Å². The maximum Gasteiger partial charge on any atom is 0.270 e. The average Bonchev–Trinajstić information content (AvgIpc) is 1.97. The molecule has 0 spiro atoms. The summed E-state index contributed by atoms with van der Waals surface area (Å²) in [6, 6.07) is 0.